The average molecular weight is 455 g/mol. The molecule has 2 aromatic rings. The van der Waals surface area contributed by atoms with Gasteiger partial charge in [0.15, 0.2) is 0 Å². The molecular weight excluding hydrogens is 420 g/mol. The molecule has 172 valence electrons. The maximum Gasteiger partial charge on any atom is 0.408 e. The van der Waals surface area contributed by atoms with Crippen LogP contribution < -0.4 is 5.32 Å². The Labute approximate surface area is 195 Å². The summed E-state index contributed by atoms with van der Waals surface area (Å²) in [4.78, 5) is 27.6. The van der Waals surface area contributed by atoms with Gasteiger partial charge in [0.25, 0.3) is 0 Å². The van der Waals surface area contributed by atoms with Crippen molar-refractivity contribution in [2.75, 3.05) is 18.8 Å². The van der Waals surface area contributed by atoms with E-state index in [1.54, 1.807) is 11.8 Å². The number of nitrogens with one attached hydrogen (secondary N) is 1. The molecule has 1 unspecified atom stereocenters. The lowest BCUT2D eigenvalue weighted by molar-refractivity contribution is -0.134. The molecule has 1 heterocycles. The Morgan fingerprint density at radius 2 is 1.62 bits per heavy atom. The highest BCUT2D eigenvalue weighted by Crippen LogP contribution is 2.28. The quantitative estimate of drug-likeness (QED) is 0.623. The number of likely N-dealkylation sites (tertiary alicyclic amines) is 1. The molecule has 3 rings (SSSR count). The van der Waals surface area contributed by atoms with Crippen molar-refractivity contribution in [1.29, 1.82) is 0 Å². The molecule has 1 fully saturated rings. The minimum Gasteiger partial charge on any atom is -0.444 e. The van der Waals surface area contributed by atoms with E-state index in [9.17, 15) is 9.59 Å². The van der Waals surface area contributed by atoms with E-state index in [-0.39, 0.29) is 5.91 Å². The molecule has 0 spiro atoms. The maximum absolute atomic E-state index is 13.3. The van der Waals surface area contributed by atoms with Gasteiger partial charge in [-0.05, 0) is 50.7 Å². The number of carbonyl (C=O) groups is 2. The Morgan fingerprint density at radius 3 is 2.22 bits per heavy atom. The molecule has 0 saturated carbocycles. The fraction of sp³-hybridized carbons (Fsp3) is 0.462. The molecule has 1 aliphatic rings. The van der Waals surface area contributed by atoms with Gasteiger partial charge in [0, 0.05) is 24.6 Å². The lowest BCUT2D eigenvalue weighted by atomic mass is 9.89. The summed E-state index contributed by atoms with van der Waals surface area (Å²) in [6, 6.07) is 20.0. The number of thioether (sulfide) groups is 1. The molecule has 1 aliphatic heterocycles. The zero-order valence-corrected chi connectivity index (χ0v) is 20.1. The standard InChI is InChI=1S/C26H34N2O3S/c1-26(2,3)31-25(30)27-23(19-32-18-20-10-6-4-7-11-20)24(29)28-16-14-22(15-17-28)21-12-8-5-9-13-21/h4-13,22-23H,14-19H2,1-3H3,(H,27,30). The maximum atomic E-state index is 13.3. The Kier molecular flexibility index (Phi) is 8.62. The van der Waals surface area contributed by atoms with Gasteiger partial charge < -0.3 is 15.0 Å². The number of nitrogens with zero attached hydrogens (tertiary/aromatic N) is 1. The second-order valence-electron chi connectivity index (χ2n) is 9.21. The van der Waals surface area contributed by atoms with Crippen molar-refractivity contribution in [3.63, 3.8) is 0 Å². The number of amides is 2. The van der Waals surface area contributed by atoms with Crippen LogP contribution in [0.25, 0.3) is 0 Å². The molecule has 2 aromatic carbocycles. The Bertz CT molecular complexity index is 860. The van der Waals surface area contributed by atoms with Gasteiger partial charge in [-0.15, -0.1) is 0 Å². The van der Waals surface area contributed by atoms with Gasteiger partial charge in [0.05, 0.1) is 0 Å². The van der Waals surface area contributed by atoms with Crippen LogP contribution in [0.5, 0.6) is 0 Å². The average Bonchev–Trinajstić information content (AvgIpc) is 2.78. The number of benzene rings is 2. The van der Waals surface area contributed by atoms with Gasteiger partial charge >= 0.3 is 6.09 Å². The topological polar surface area (TPSA) is 58.6 Å². The smallest absolute Gasteiger partial charge is 0.408 e. The van der Waals surface area contributed by atoms with E-state index in [1.165, 1.54) is 11.1 Å². The van der Waals surface area contributed by atoms with Crippen LogP contribution in [0.2, 0.25) is 0 Å². The molecule has 0 radical (unpaired) electrons. The largest absolute Gasteiger partial charge is 0.444 e. The lowest BCUT2D eigenvalue weighted by Gasteiger charge is -2.34. The van der Waals surface area contributed by atoms with E-state index < -0.39 is 17.7 Å². The minimum absolute atomic E-state index is 0.0251. The molecule has 2 amide bonds. The number of rotatable bonds is 7. The molecular formula is C26H34N2O3S. The monoisotopic (exact) mass is 454 g/mol. The Balaban J connectivity index is 1.59. The van der Waals surface area contributed by atoms with Crippen molar-refractivity contribution in [3.8, 4) is 0 Å². The third-order valence-electron chi connectivity index (χ3n) is 5.46. The first kappa shape index (κ1) is 24.2. The zero-order valence-electron chi connectivity index (χ0n) is 19.3. The molecule has 0 aliphatic carbocycles. The zero-order chi connectivity index (χ0) is 23.0. The predicted molar refractivity (Wildman–Crippen MR) is 131 cm³/mol. The van der Waals surface area contributed by atoms with Gasteiger partial charge in [-0.3, -0.25) is 4.79 Å². The summed E-state index contributed by atoms with van der Waals surface area (Å²) >= 11 is 1.65. The fourth-order valence-electron chi connectivity index (χ4n) is 3.87. The van der Waals surface area contributed by atoms with E-state index in [2.05, 4.69) is 41.7 Å². The van der Waals surface area contributed by atoms with Crippen LogP contribution in [0.4, 0.5) is 4.79 Å². The summed E-state index contributed by atoms with van der Waals surface area (Å²) in [5.74, 6) is 1.75. The van der Waals surface area contributed by atoms with Gasteiger partial charge in [-0.2, -0.15) is 11.8 Å². The van der Waals surface area contributed by atoms with Crippen molar-refractivity contribution in [3.05, 3.63) is 71.8 Å². The fourth-order valence-corrected chi connectivity index (χ4v) is 4.88. The molecule has 5 nitrogen and oxygen atoms in total. The molecule has 6 heteroatoms. The van der Waals surface area contributed by atoms with Crippen LogP contribution in [0, 0.1) is 0 Å². The van der Waals surface area contributed by atoms with Crippen molar-refractivity contribution in [2.45, 2.75) is 56.9 Å². The normalized spacial score (nSPS) is 15.8. The number of hydrogen-bond acceptors (Lipinski definition) is 4. The Morgan fingerprint density at radius 1 is 1.03 bits per heavy atom. The second kappa shape index (κ2) is 11.4. The lowest BCUT2D eigenvalue weighted by Crippen LogP contribution is -2.52. The van der Waals surface area contributed by atoms with Gasteiger partial charge in [0.2, 0.25) is 5.91 Å². The van der Waals surface area contributed by atoms with Crippen LogP contribution >= 0.6 is 11.8 Å². The van der Waals surface area contributed by atoms with Crippen LogP contribution in [0.15, 0.2) is 60.7 Å². The third-order valence-corrected chi connectivity index (χ3v) is 6.57. The van der Waals surface area contributed by atoms with Gasteiger partial charge in [-0.1, -0.05) is 60.7 Å². The van der Waals surface area contributed by atoms with Crippen molar-refractivity contribution >= 4 is 23.8 Å². The van der Waals surface area contributed by atoms with Gasteiger partial charge in [0.1, 0.15) is 11.6 Å². The van der Waals surface area contributed by atoms with E-state index >= 15 is 0 Å². The second-order valence-corrected chi connectivity index (χ2v) is 10.2. The van der Waals surface area contributed by atoms with E-state index in [0.717, 1.165) is 18.6 Å². The Hall–Kier alpha value is -2.47. The number of hydrogen-bond donors (Lipinski definition) is 1. The number of piperidine rings is 1. The third kappa shape index (κ3) is 7.59. The molecule has 1 saturated heterocycles. The highest BCUT2D eigenvalue weighted by Gasteiger charge is 2.31. The van der Waals surface area contributed by atoms with E-state index in [4.69, 9.17) is 4.74 Å². The number of alkyl carbamates (subject to hydrolysis) is 1. The molecule has 1 N–H and O–H groups in total. The molecule has 32 heavy (non-hydrogen) atoms. The first-order chi connectivity index (χ1) is 15.3. The molecule has 0 aromatic heterocycles. The first-order valence-electron chi connectivity index (χ1n) is 11.3. The summed E-state index contributed by atoms with van der Waals surface area (Å²) < 4.78 is 5.42. The van der Waals surface area contributed by atoms with Crippen molar-refractivity contribution < 1.29 is 14.3 Å². The minimum atomic E-state index is -0.608. The van der Waals surface area contributed by atoms with Gasteiger partial charge in [-0.25, -0.2) is 4.79 Å². The predicted octanol–water partition coefficient (Wildman–Crippen LogP) is 5.22. The van der Waals surface area contributed by atoms with Crippen LogP contribution in [0.1, 0.15) is 50.7 Å². The summed E-state index contributed by atoms with van der Waals surface area (Å²) in [5.41, 5.74) is 1.93. The summed E-state index contributed by atoms with van der Waals surface area (Å²) in [6.07, 6.45) is 1.33. The number of carbonyl (C=O) groups excluding carboxylic acids is 2. The van der Waals surface area contributed by atoms with Crippen LogP contribution in [-0.4, -0.2) is 47.4 Å². The summed E-state index contributed by atoms with van der Waals surface area (Å²) in [6.45, 7) is 6.87. The summed E-state index contributed by atoms with van der Waals surface area (Å²) in [7, 11) is 0. The molecule has 0 bridgehead atoms. The highest BCUT2D eigenvalue weighted by molar-refractivity contribution is 7.98. The molecule has 1 atom stereocenters. The first-order valence-corrected chi connectivity index (χ1v) is 12.4. The van der Waals surface area contributed by atoms with Crippen molar-refractivity contribution in [2.24, 2.45) is 0 Å². The van der Waals surface area contributed by atoms with E-state index in [1.807, 2.05) is 49.9 Å². The number of ether oxygens (including phenoxy) is 1. The van der Waals surface area contributed by atoms with Crippen LogP contribution in [0.3, 0.4) is 0 Å². The highest BCUT2D eigenvalue weighted by atomic mass is 32.2. The summed E-state index contributed by atoms with van der Waals surface area (Å²) in [5, 5.41) is 2.83. The SMILES string of the molecule is CC(C)(C)OC(=O)NC(CSCc1ccccc1)C(=O)N1CCC(c2ccccc2)CC1. The van der Waals surface area contributed by atoms with Crippen molar-refractivity contribution in [1.82, 2.24) is 10.2 Å². The van der Waals surface area contributed by atoms with Crippen LogP contribution in [-0.2, 0) is 15.3 Å². The van der Waals surface area contributed by atoms with E-state index in [0.29, 0.717) is 24.8 Å².